The molecule has 1 heterocycles. The smallest absolute Gasteiger partial charge is 0.243 e. The fourth-order valence-electron chi connectivity index (χ4n) is 2.10. The molecule has 19 heavy (non-hydrogen) atoms. The number of hydrogen-bond donors (Lipinski definition) is 2. The van der Waals surface area contributed by atoms with Gasteiger partial charge in [0.25, 0.3) is 0 Å². The quantitative estimate of drug-likeness (QED) is 0.813. The van der Waals surface area contributed by atoms with E-state index in [1.165, 1.54) is 11.3 Å². The fourth-order valence-corrected chi connectivity index (χ4v) is 6.22. The zero-order valence-electron chi connectivity index (χ0n) is 11.1. The van der Waals surface area contributed by atoms with Crippen LogP contribution in [-0.2, 0) is 16.6 Å². The molecule has 0 saturated heterocycles. The number of thiophene rings is 1. The molecule has 7 heteroatoms. The van der Waals surface area contributed by atoms with Gasteiger partial charge in [-0.3, -0.25) is 0 Å². The first kappa shape index (κ1) is 15.4. The Hall–Kier alpha value is 0.0500. The molecule has 0 aromatic carbocycles. The minimum atomic E-state index is -3.43. The fraction of sp³-hybridized carbons (Fsp3) is 0.667. The Morgan fingerprint density at radius 1 is 1.47 bits per heavy atom. The molecular weight excluding hydrogens is 348 g/mol. The molecule has 0 radical (unpaired) electrons. The highest BCUT2D eigenvalue weighted by Crippen LogP contribution is 2.36. The molecule has 2 N–H and O–H groups in total. The summed E-state index contributed by atoms with van der Waals surface area (Å²) in [5, 5.41) is 3.20. The maximum Gasteiger partial charge on any atom is 0.243 e. The van der Waals surface area contributed by atoms with E-state index in [-0.39, 0.29) is 5.54 Å². The first-order valence-electron chi connectivity index (χ1n) is 6.39. The molecule has 108 valence electrons. The van der Waals surface area contributed by atoms with Crippen molar-refractivity contribution in [3.63, 3.8) is 0 Å². The molecule has 1 saturated carbocycles. The molecule has 1 fully saturated rings. The van der Waals surface area contributed by atoms with E-state index < -0.39 is 10.0 Å². The molecule has 2 rings (SSSR count). The zero-order chi connectivity index (χ0) is 14.1. The molecule has 0 aliphatic heterocycles. The first-order chi connectivity index (χ1) is 8.86. The van der Waals surface area contributed by atoms with Crippen molar-refractivity contribution in [2.45, 2.75) is 50.1 Å². The van der Waals surface area contributed by atoms with E-state index in [0.29, 0.717) is 15.2 Å². The number of nitrogens with one attached hydrogen (secondary N) is 2. The Morgan fingerprint density at radius 2 is 2.16 bits per heavy atom. The minimum Gasteiger partial charge on any atom is -0.312 e. The monoisotopic (exact) mass is 366 g/mol. The first-order valence-corrected chi connectivity index (χ1v) is 9.48. The maximum absolute atomic E-state index is 12.4. The summed E-state index contributed by atoms with van der Waals surface area (Å²) in [6.45, 7) is 5.56. The van der Waals surface area contributed by atoms with Crippen LogP contribution in [0.1, 0.15) is 38.0 Å². The van der Waals surface area contributed by atoms with Crippen molar-refractivity contribution in [2.75, 3.05) is 6.54 Å². The lowest BCUT2D eigenvalue weighted by Crippen LogP contribution is -2.50. The zero-order valence-corrected chi connectivity index (χ0v) is 14.3. The summed E-state index contributed by atoms with van der Waals surface area (Å²) in [7, 11) is -3.43. The standard InChI is InChI=1S/C12H19BrN2O2S2/c1-3-14-8-9-7-10(11(13)18-9)19(16,17)15-12(2)5-4-6-12/h7,14-15H,3-6,8H2,1-2H3. The van der Waals surface area contributed by atoms with Crippen LogP contribution in [0.3, 0.4) is 0 Å². The summed E-state index contributed by atoms with van der Waals surface area (Å²) in [5.74, 6) is 0. The molecule has 1 aromatic rings. The van der Waals surface area contributed by atoms with Crippen LogP contribution in [-0.4, -0.2) is 20.5 Å². The van der Waals surface area contributed by atoms with Crippen molar-refractivity contribution < 1.29 is 8.42 Å². The van der Waals surface area contributed by atoms with Crippen LogP contribution in [0.4, 0.5) is 0 Å². The predicted molar refractivity (Wildman–Crippen MR) is 82.0 cm³/mol. The van der Waals surface area contributed by atoms with Gasteiger partial charge in [-0.25, -0.2) is 13.1 Å². The van der Waals surface area contributed by atoms with Gasteiger partial charge in [-0.2, -0.15) is 0 Å². The van der Waals surface area contributed by atoms with Gasteiger partial charge < -0.3 is 5.32 Å². The van der Waals surface area contributed by atoms with Crippen LogP contribution in [0.15, 0.2) is 14.7 Å². The van der Waals surface area contributed by atoms with Crippen molar-refractivity contribution in [3.8, 4) is 0 Å². The second-order valence-corrected chi connectivity index (χ2v) is 9.26. The molecule has 0 unspecified atom stereocenters. The van der Waals surface area contributed by atoms with E-state index in [1.54, 1.807) is 6.07 Å². The summed E-state index contributed by atoms with van der Waals surface area (Å²) >= 11 is 4.83. The number of halogens is 1. The van der Waals surface area contributed by atoms with E-state index in [1.807, 2.05) is 13.8 Å². The molecule has 1 aromatic heterocycles. The van der Waals surface area contributed by atoms with Crippen molar-refractivity contribution in [2.24, 2.45) is 0 Å². The average molecular weight is 367 g/mol. The van der Waals surface area contributed by atoms with Gasteiger partial charge in [0.1, 0.15) is 4.90 Å². The number of sulfonamides is 1. The van der Waals surface area contributed by atoms with Gasteiger partial charge in [0.15, 0.2) is 0 Å². The van der Waals surface area contributed by atoms with E-state index >= 15 is 0 Å². The van der Waals surface area contributed by atoms with Gasteiger partial charge in [0, 0.05) is 17.0 Å². The van der Waals surface area contributed by atoms with E-state index in [2.05, 4.69) is 26.0 Å². The normalized spacial score (nSPS) is 18.3. The highest BCUT2D eigenvalue weighted by atomic mass is 79.9. The Kier molecular flexibility index (Phi) is 4.72. The van der Waals surface area contributed by atoms with E-state index in [9.17, 15) is 8.42 Å². The predicted octanol–water partition coefficient (Wildman–Crippen LogP) is 2.84. The molecule has 0 spiro atoms. The van der Waals surface area contributed by atoms with Crippen molar-refractivity contribution in [3.05, 3.63) is 14.7 Å². The SMILES string of the molecule is CCNCc1cc(S(=O)(=O)NC2(C)CCC2)c(Br)s1. The van der Waals surface area contributed by atoms with Gasteiger partial charge in [-0.05, 0) is 54.7 Å². The summed E-state index contributed by atoms with van der Waals surface area (Å²) < 4.78 is 28.3. The van der Waals surface area contributed by atoms with Gasteiger partial charge in [-0.15, -0.1) is 11.3 Å². The van der Waals surface area contributed by atoms with Crippen LogP contribution in [0.5, 0.6) is 0 Å². The Bertz CT molecular complexity index is 550. The van der Waals surface area contributed by atoms with Gasteiger partial charge in [0.2, 0.25) is 10.0 Å². The molecule has 4 nitrogen and oxygen atoms in total. The lowest BCUT2D eigenvalue weighted by Gasteiger charge is -2.38. The molecule has 1 aliphatic rings. The molecule has 0 amide bonds. The van der Waals surface area contributed by atoms with Gasteiger partial charge in [0.05, 0.1) is 3.79 Å². The Balaban J connectivity index is 2.17. The van der Waals surface area contributed by atoms with Crippen molar-refractivity contribution in [1.82, 2.24) is 10.0 Å². The topological polar surface area (TPSA) is 58.2 Å². The summed E-state index contributed by atoms with van der Waals surface area (Å²) in [5.41, 5.74) is -0.262. The largest absolute Gasteiger partial charge is 0.312 e. The molecule has 0 bridgehead atoms. The van der Waals surface area contributed by atoms with E-state index in [0.717, 1.165) is 30.7 Å². The van der Waals surface area contributed by atoms with Crippen LogP contribution < -0.4 is 10.0 Å². The summed E-state index contributed by atoms with van der Waals surface area (Å²) in [4.78, 5) is 1.38. The number of rotatable bonds is 6. The number of hydrogen-bond acceptors (Lipinski definition) is 4. The molecular formula is C12H19BrN2O2S2. The summed E-state index contributed by atoms with van der Waals surface area (Å²) in [6.07, 6.45) is 2.92. The van der Waals surface area contributed by atoms with Crippen LogP contribution in [0, 0.1) is 0 Å². The average Bonchev–Trinajstić information content (AvgIpc) is 2.66. The van der Waals surface area contributed by atoms with E-state index in [4.69, 9.17) is 0 Å². The lowest BCUT2D eigenvalue weighted by molar-refractivity contribution is 0.248. The third kappa shape index (κ3) is 3.58. The van der Waals surface area contributed by atoms with Crippen LogP contribution >= 0.6 is 27.3 Å². The molecule has 0 atom stereocenters. The van der Waals surface area contributed by atoms with Gasteiger partial charge >= 0.3 is 0 Å². The lowest BCUT2D eigenvalue weighted by atomic mass is 9.80. The van der Waals surface area contributed by atoms with Gasteiger partial charge in [-0.1, -0.05) is 6.92 Å². The third-order valence-electron chi connectivity index (χ3n) is 3.38. The highest BCUT2D eigenvalue weighted by molar-refractivity contribution is 9.11. The second-order valence-electron chi connectivity index (χ2n) is 5.15. The Labute approximate surface area is 127 Å². The van der Waals surface area contributed by atoms with Crippen molar-refractivity contribution in [1.29, 1.82) is 0 Å². The van der Waals surface area contributed by atoms with Crippen molar-refractivity contribution >= 4 is 37.3 Å². The third-order valence-corrected chi connectivity index (χ3v) is 7.27. The van der Waals surface area contributed by atoms with Crippen LogP contribution in [0.25, 0.3) is 0 Å². The molecule has 1 aliphatic carbocycles. The summed E-state index contributed by atoms with van der Waals surface area (Å²) in [6, 6.07) is 1.75. The Morgan fingerprint density at radius 3 is 2.68 bits per heavy atom. The highest BCUT2D eigenvalue weighted by Gasteiger charge is 2.37. The minimum absolute atomic E-state index is 0.262. The maximum atomic E-state index is 12.4. The van der Waals surface area contributed by atoms with Crippen LogP contribution in [0.2, 0.25) is 0 Å². The second kappa shape index (κ2) is 5.81.